The van der Waals surface area contributed by atoms with Crippen LogP contribution in [0, 0.1) is 0 Å². The zero-order valence-corrected chi connectivity index (χ0v) is 23.3. The van der Waals surface area contributed by atoms with Crippen molar-refractivity contribution in [3.05, 3.63) is 103 Å². The van der Waals surface area contributed by atoms with E-state index in [1.807, 2.05) is 80.5 Å². The van der Waals surface area contributed by atoms with E-state index in [9.17, 15) is 4.79 Å². The second-order valence-electron chi connectivity index (χ2n) is 8.48. The largest absolute Gasteiger partial charge is 0.496 e. The number of benzene rings is 1. The minimum absolute atomic E-state index is 0.167. The second-order valence-corrected chi connectivity index (χ2v) is 8.48. The van der Waals surface area contributed by atoms with Gasteiger partial charge in [-0.25, -0.2) is 0 Å². The van der Waals surface area contributed by atoms with Gasteiger partial charge in [0.15, 0.2) is 0 Å². The SMILES string of the molecule is C=C/C=C\N(C=C)C(C)=NCC1=CC=CC=C(NC(=O)c2ccc(CN3CCOCC3)c(OC)c2)C1.CC. The molecule has 7 nitrogen and oxygen atoms in total. The van der Waals surface area contributed by atoms with Crippen LogP contribution in [0.25, 0.3) is 0 Å². The molecule has 2 aliphatic rings. The molecule has 1 amide bonds. The van der Waals surface area contributed by atoms with Crippen LogP contribution >= 0.6 is 0 Å². The summed E-state index contributed by atoms with van der Waals surface area (Å²) < 4.78 is 11.0. The summed E-state index contributed by atoms with van der Waals surface area (Å²) in [5, 5.41) is 3.06. The molecule has 3 rings (SSSR count). The van der Waals surface area contributed by atoms with Crippen molar-refractivity contribution in [3.8, 4) is 5.75 Å². The summed E-state index contributed by atoms with van der Waals surface area (Å²) in [7, 11) is 1.64. The molecule has 0 aromatic heterocycles. The molecule has 0 atom stereocenters. The Hall–Kier alpha value is -3.68. The maximum absolute atomic E-state index is 13.1. The van der Waals surface area contributed by atoms with E-state index < -0.39 is 0 Å². The standard InChI is InChI=1S/C29H36N4O3.C2H6/c1-5-7-14-33(6-2)23(3)30-21-24-10-8-9-11-27(19-24)31-29(34)25-12-13-26(28(20-25)35-4)22-32-15-17-36-18-16-32;1-2/h5-14,20H,1-2,15-19,21-22H2,3-4H3,(H,31,34);1-2H3/b14-7-,30-23?;. The van der Waals surface area contributed by atoms with E-state index in [4.69, 9.17) is 9.47 Å². The van der Waals surface area contributed by atoms with E-state index >= 15 is 0 Å². The minimum atomic E-state index is -0.167. The van der Waals surface area contributed by atoms with Gasteiger partial charge in [-0.15, -0.1) is 0 Å². The lowest BCUT2D eigenvalue weighted by atomic mass is 10.1. The zero-order valence-electron chi connectivity index (χ0n) is 23.3. The van der Waals surface area contributed by atoms with Crippen LogP contribution in [0.1, 0.15) is 43.1 Å². The quantitative estimate of drug-likeness (QED) is 0.248. The Kier molecular flexibility index (Phi) is 13.6. The predicted octanol–water partition coefficient (Wildman–Crippen LogP) is 5.62. The normalized spacial score (nSPS) is 15.9. The number of ether oxygens (including phenoxy) is 2. The van der Waals surface area contributed by atoms with E-state index in [0.29, 0.717) is 24.3 Å². The summed E-state index contributed by atoms with van der Waals surface area (Å²) in [6.45, 7) is 18.0. The molecule has 204 valence electrons. The Morgan fingerprint density at radius 3 is 2.63 bits per heavy atom. The molecule has 38 heavy (non-hydrogen) atoms. The van der Waals surface area contributed by atoms with Crippen molar-refractivity contribution in [2.24, 2.45) is 4.99 Å². The number of amidine groups is 1. The van der Waals surface area contributed by atoms with E-state index in [1.54, 1.807) is 19.4 Å². The molecule has 0 unspecified atom stereocenters. The van der Waals surface area contributed by atoms with Gasteiger partial charge in [-0.2, -0.15) is 0 Å². The third kappa shape index (κ3) is 9.65. The monoisotopic (exact) mass is 518 g/mol. The highest BCUT2D eigenvalue weighted by Crippen LogP contribution is 2.23. The van der Waals surface area contributed by atoms with E-state index in [1.165, 1.54) is 0 Å². The van der Waals surface area contributed by atoms with Crippen LogP contribution in [0.4, 0.5) is 0 Å². The van der Waals surface area contributed by atoms with E-state index in [2.05, 4.69) is 28.4 Å². The van der Waals surface area contributed by atoms with Crippen LogP contribution in [0.15, 0.2) is 96.5 Å². The van der Waals surface area contributed by atoms with Crippen molar-refractivity contribution < 1.29 is 14.3 Å². The molecule has 0 radical (unpaired) electrons. The summed E-state index contributed by atoms with van der Waals surface area (Å²) >= 11 is 0. The lowest BCUT2D eigenvalue weighted by Crippen LogP contribution is -2.35. The zero-order chi connectivity index (χ0) is 27.8. The molecule has 7 heteroatoms. The number of hydrogen-bond acceptors (Lipinski definition) is 5. The van der Waals surface area contributed by atoms with Crippen LogP contribution in [-0.2, 0) is 11.3 Å². The minimum Gasteiger partial charge on any atom is -0.496 e. The van der Waals surface area contributed by atoms with Gasteiger partial charge in [0.25, 0.3) is 5.91 Å². The first-order chi connectivity index (χ1) is 18.5. The number of methoxy groups -OCH3 is 1. The third-order valence-electron chi connectivity index (χ3n) is 5.94. The first-order valence-corrected chi connectivity index (χ1v) is 13.1. The van der Waals surface area contributed by atoms with Crippen LogP contribution in [0.3, 0.4) is 0 Å². The lowest BCUT2D eigenvalue weighted by Gasteiger charge is -2.27. The first-order valence-electron chi connectivity index (χ1n) is 13.1. The predicted molar refractivity (Wildman–Crippen MR) is 157 cm³/mol. The van der Waals surface area contributed by atoms with Gasteiger partial charge in [0.1, 0.15) is 11.6 Å². The average molecular weight is 519 g/mol. The maximum atomic E-state index is 13.1. The highest BCUT2D eigenvalue weighted by Gasteiger charge is 2.16. The smallest absolute Gasteiger partial charge is 0.255 e. The van der Waals surface area contributed by atoms with Crippen LogP contribution in [0.2, 0.25) is 0 Å². The van der Waals surface area contributed by atoms with Gasteiger partial charge >= 0.3 is 0 Å². The molecule has 1 aromatic carbocycles. The Morgan fingerprint density at radius 2 is 1.95 bits per heavy atom. The Morgan fingerprint density at radius 1 is 1.21 bits per heavy atom. The van der Waals surface area contributed by atoms with Gasteiger partial charge in [0.2, 0.25) is 0 Å². The Bertz CT molecular complexity index is 1090. The molecule has 1 saturated heterocycles. The molecule has 1 N–H and O–H groups in total. The second kappa shape index (κ2) is 16.9. The van der Waals surface area contributed by atoms with Crippen LogP contribution in [0.5, 0.6) is 5.75 Å². The molecule has 1 aliphatic carbocycles. The highest BCUT2D eigenvalue weighted by molar-refractivity contribution is 5.96. The number of carbonyl (C=O) groups excluding carboxylic acids is 1. The summed E-state index contributed by atoms with van der Waals surface area (Å²) in [4.78, 5) is 21.9. The first kappa shape index (κ1) is 30.5. The van der Waals surface area contributed by atoms with Crippen molar-refractivity contribution in [2.75, 3.05) is 40.0 Å². The summed E-state index contributed by atoms with van der Waals surface area (Å²) in [6, 6.07) is 5.63. The van der Waals surface area contributed by atoms with Gasteiger partial charge in [-0.1, -0.05) is 57.4 Å². The number of nitrogens with zero attached hydrogens (tertiary/aromatic N) is 3. The Labute approximate surface area is 228 Å². The third-order valence-corrected chi connectivity index (χ3v) is 5.94. The van der Waals surface area contributed by atoms with Crippen molar-refractivity contribution in [2.45, 2.75) is 33.7 Å². The lowest BCUT2D eigenvalue weighted by molar-refractivity contribution is 0.0339. The molecule has 0 saturated carbocycles. The number of morpholine rings is 1. The van der Waals surface area contributed by atoms with Crippen molar-refractivity contribution in [3.63, 3.8) is 0 Å². The number of rotatable bonds is 10. The summed E-state index contributed by atoms with van der Waals surface area (Å²) in [5.41, 5.74) is 3.52. The van der Waals surface area contributed by atoms with Crippen molar-refractivity contribution in [1.82, 2.24) is 15.1 Å². The molecule has 1 aromatic rings. The van der Waals surface area contributed by atoms with E-state index in [-0.39, 0.29) is 5.91 Å². The highest BCUT2D eigenvalue weighted by atomic mass is 16.5. The number of hydrogen-bond donors (Lipinski definition) is 1. The van der Waals surface area contributed by atoms with Crippen LogP contribution < -0.4 is 10.1 Å². The van der Waals surface area contributed by atoms with Gasteiger partial charge < -0.3 is 19.7 Å². The van der Waals surface area contributed by atoms with Gasteiger partial charge in [-0.05, 0) is 36.8 Å². The van der Waals surface area contributed by atoms with Gasteiger partial charge in [-0.3, -0.25) is 14.7 Å². The number of amides is 1. The molecule has 1 aliphatic heterocycles. The van der Waals surface area contributed by atoms with Crippen molar-refractivity contribution in [1.29, 1.82) is 0 Å². The van der Waals surface area contributed by atoms with Gasteiger partial charge in [0.05, 0.1) is 26.9 Å². The molecule has 0 spiro atoms. The fourth-order valence-corrected chi connectivity index (χ4v) is 3.91. The number of nitrogens with one attached hydrogen (secondary N) is 1. The van der Waals surface area contributed by atoms with E-state index in [0.717, 1.165) is 55.5 Å². The summed E-state index contributed by atoms with van der Waals surface area (Å²) in [5.74, 6) is 1.36. The fourth-order valence-electron chi connectivity index (χ4n) is 3.91. The molecule has 1 heterocycles. The molecule has 1 fully saturated rings. The van der Waals surface area contributed by atoms with Crippen molar-refractivity contribution >= 4 is 11.7 Å². The number of aliphatic imine (C=N–C) groups is 1. The molecular weight excluding hydrogens is 476 g/mol. The van der Waals surface area contributed by atoms with Crippen LogP contribution in [-0.4, -0.2) is 61.5 Å². The maximum Gasteiger partial charge on any atom is 0.255 e. The number of allylic oxidation sites excluding steroid dienone is 7. The average Bonchev–Trinajstić information content (AvgIpc) is 3.19. The van der Waals surface area contributed by atoms with Gasteiger partial charge in [0, 0.05) is 55.3 Å². The fraction of sp³-hybridized carbons (Fsp3) is 0.355. The molecule has 0 bridgehead atoms. The topological polar surface area (TPSA) is 66.4 Å². The number of carbonyl (C=O) groups is 1. The Balaban J connectivity index is 0.00000247. The molecular formula is C31H42N4O3. The summed E-state index contributed by atoms with van der Waals surface area (Å²) in [6.07, 6.45) is 15.5.